The molecule has 1 aromatic rings. The molecule has 19 heavy (non-hydrogen) atoms. The lowest BCUT2D eigenvalue weighted by Crippen LogP contribution is -2.60. The van der Waals surface area contributed by atoms with Crippen LogP contribution in [0.25, 0.3) is 0 Å². The molecule has 0 bridgehead atoms. The zero-order valence-corrected chi connectivity index (χ0v) is 11.9. The van der Waals surface area contributed by atoms with Crippen LogP contribution >= 0.6 is 0 Å². The average molecular weight is 267 g/mol. The van der Waals surface area contributed by atoms with Crippen molar-refractivity contribution in [1.82, 2.24) is 15.2 Å². The molecule has 2 rings (SSSR count). The molecular weight excluding hydrogens is 246 g/mol. The topological polar surface area (TPSA) is 67.6 Å². The highest BCUT2D eigenvalue weighted by Crippen LogP contribution is 2.15. The second-order valence-corrected chi connectivity index (χ2v) is 5.83. The Kier molecular flexibility index (Phi) is 3.80. The van der Waals surface area contributed by atoms with E-state index in [0.29, 0.717) is 25.5 Å². The number of aryl methyl sites for hydroxylation is 1. The highest BCUT2D eigenvalue weighted by atomic mass is 16.6. The van der Waals surface area contributed by atoms with Gasteiger partial charge in [0.25, 0.3) is 0 Å². The van der Waals surface area contributed by atoms with Crippen LogP contribution in [0, 0.1) is 6.92 Å². The summed E-state index contributed by atoms with van der Waals surface area (Å²) in [4.78, 5) is 17.5. The number of oxazole rings is 1. The van der Waals surface area contributed by atoms with Crippen LogP contribution in [0.1, 0.15) is 32.4 Å². The molecule has 1 aromatic heterocycles. The van der Waals surface area contributed by atoms with Crippen molar-refractivity contribution in [2.24, 2.45) is 0 Å². The zero-order valence-electron chi connectivity index (χ0n) is 11.9. The molecule has 1 fully saturated rings. The first kappa shape index (κ1) is 13.9. The van der Waals surface area contributed by atoms with Gasteiger partial charge in [-0.1, -0.05) is 0 Å². The fourth-order valence-electron chi connectivity index (χ4n) is 1.80. The number of amides is 1. The molecule has 1 saturated heterocycles. The number of aromatic nitrogens is 1. The van der Waals surface area contributed by atoms with Crippen molar-refractivity contribution in [2.45, 2.75) is 45.9 Å². The smallest absolute Gasteiger partial charge is 0.410 e. The van der Waals surface area contributed by atoms with Crippen LogP contribution in [0.2, 0.25) is 0 Å². The third-order valence-electron chi connectivity index (χ3n) is 2.74. The molecule has 0 radical (unpaired) electrons. The molecular formula is C13H21N3O3. The highest BCUT2D eigenvalue weighted by molar-refractivity contribution is 5.69. The van der Waals surface area contributed by atoms with Gasteiger partial charge in [-0.3, -0.25) is 0 Å². The first-order chi connectivity index (χ1) is 8.83. The minimum absolute atomic E-state index is 0.252. The Morgan fingerprint density at radius 3 is 2.79 bits per heavy atom. The van der Waals surface area contributed by atoms with Crippen LogP contribution in [-0.4, -0.2) is 40.7 Å². The van der Waals surface area contributed by atoms with Gasteiger partial charge in [-0.25, -0.2) is 9.78 Å². The fraction of sp³-hybridized carbons (Fsp3) is 0.692. The molecule has 0 unspecified atom stereocenters. The van der Waals surface area contributed by atoms with Crippen molar-refractivity contribution in [1.29, 1.82) is 0 Å². The van der Waals surface area contributed by atoms with Gasteiger partial charge in [0.1, 0.15) is 11.4 Å². The van der Waals surface area contributed by atoms with E-state index in [1.54, 1.807) is 11.1 Å². The van der Waals surface area contributed by atoms with Gasteiger partial charge in [-0.15, -0.1) is 0 Å². The van der Waals surface area contributed by atoms with Crippen LogP contribution < -0.4 is 5.32 Å². The van der Waals surface area contributed by atoms with Crippen molar-refractivity contribution in [3.8, 4) is 0 Å². The Hall–Kier alpha value is -1.56. The summed E-state index contributed by atoms with van der Waals surface area (Å²) in [6.07, 6.45) is 1.45. The second kappa shape index (κ2) is 5.21. The molecule has 0 atom stereocenters. The van der Waals surface area contributed by atoms with Crippen LogP contribution in [0.3, 0.4) is 0 Å². The molecule has 6 heteroatoms. The first-order valence-electron chi connectivity index (χ1n) is 6.46. The minimum Gasteiger partial charge on any atom is -0.445 e. The molecule has 0 aromatic carbocycles. The Labute approximate surface area is 113 Å². The number of carbonyl (C=O) groups excluding carboxylic acids is 1. The summed E-state index contributed by atoms with van der Waals surface area (Å²) in [6.45, 7) is 9.37. The molecule has 106 valence electrons. The number of ether oxygens (including phenoxy) is 1. The van der Waals surface area contributed by atoms with Gasteiger partial charge < -0.3 is 19.4 Å². The number of hydrogen-bond donors (Lipinski definition) is 1. The van der Waals surface area contributed by atoms with Gasteiger partial charge in [0.2, 0.25) is 5.89 Å². The van der Waals surface area contributed by atoms with E-state index < -0.39 is 5.60 Å². The van der Waals surface area contributed by atoms with E-state index in [0.717, 1.165) is 5.76 Å². The summed E-state index contributed by atoms with van der Waals surface area (Å²) < 4.78 is 10.6. The SMILES string of the molecule is Cc1cnc(CNC2CN(C(=O)OC(C)(C)C)C2)o1. The summed E-state index contributed by atoms with van der Waals surface area (Å²) in [7, 11) is 0. The molecule has 2 heterocycles. The molecule has 1 aliphatic heterocycles. The summed E-state index contributed by atoms with van der Waals surface area (Å²) >= 11 is 0. The van der Waals surface area contributed by atoms with Crippen molar-refractivity contribution < 1.29 is 13.9 Å². The average Bonchev–Trinajstić information content (AvgIpc) is 2.59. The van der Waals surface area contributed by atoms with Gasteiger partial charge in [0.15, 0.2) is 0 Å². The van der Waals surface area contributed by atoms with Gasteiger partial charge in [0, 0.05) is 19.1 Å². The lowest BCUT2D eigenvalue weighted by atomic mass is 10.1. The molecule has 0 aliphatic carbocycles. The summed E-state index contributed by atoms with van der Waals surface area (Å²) in [6, 6.07) is 0.278. The zero-order chi connectivity index (χ0) is 14.0. The molecule has 1 amide bonds. The molecule has 1 N–H and O–H groups in total. The van der Waals surface area contributed by atoms with Crippen molar-refractivity contribution in [2.75, 3.05) is 13.1 Å². The highest BCUT2D eigenvalue weighted by Gasteiger charge is 2.33. The van der Waals surface area contributed by atoms with E-state index >= 15 is 0 Å². The lowest BCUT2D eigenvalue weighted by molar-refractivity contribution is 0.00501. The maximum absolute atomic E-state index is 11.7. The summed E-state index contributed by atoms with van der Waals surface area (Å²) in [5.74, 6) is 1.48. The van der Waals surface area contributed by atoms with Crippen LogP contribution in [-0.2, 0) is 11.3 Å². The molecule has 0 spiro atoms. The normalized spacial score (nSPS) is 16.3. The lowest BCUT2D eigenvalue weighted by Gasteiger charge is -2.40. The quantitative estimate of drug-likeness (QED) is 0.902. The third-order valence-corrected chi connectivity index (χ3v) is 2.74. The van der Waals surface area contributed by atoms with E-state index in [9.17, 15) is 4.79 Å². The van der Waals surface area contributed by atoms with E-state index in [1.165, 1.54) is 0 Å². The Bertz CT molecular complexity index is 444. The monoisotopic (exact) mass is 267 g/mol. The number of rotatable bonds is 3. The second-order valence-electron chi connectivity index (χ2n) is 5.83. The number of nitrogens with zero attached hydrogens (tertiary/aromatic N) is 2. The number of hydrogen-bond acceptors (Lipinski definition) is 5. The van der Waals surface area contributed by atoms with E-state index in [2.05, 4.69) is 10.3 Å². The molecule has 1 aliphatic rings. The number of likely N-dealkylation sites (tertiary alicyclic amines) is 1. The minimum atomic E-state index is -0.439. The van der Waals surface area contributed by atoms with E-state index in [4.69, 9.17) is 9.15 Å². The molecule has 0 saturated carbocycles. The van der Waals surface area contributed by atoms with E-state index in [1.807, 2.05) is 27.7 Å². The van der Waals surface area contributed by atoms with Gasteiger partial charge in [-0.05, 0) is 27.7 Å². The largest absolute Gasteiger partial charge is 0.445 e. The fourth-order valence-corrected chi connectivity index (χ4v) is 1.80. The molecule has 6 nitrogen and oxygen atoms in total. The summed E-state index contributed by atoms with van der Waals surface area (Å²) in [5, 5.41) is 3.29. The number of nitrogens with one attached hydrogen (secondary N) is 1. The van der Waals surface area contributed by atoms with Crippen LogP contribution in [0.4, 0.5) is 4.79 Å². The van der Waals surface area contributed by atoms with Crippen LogP contribution in [0.15, 0.2) is 10.6 Å². The standard InChI is InChI=1S/C13H21N3O3/c1-9-5-15-11(18-9)6-14-10-7-16(8-10)12(17)19-13(2,3)4/h5,10,14H,6-8H2,1-4H3. The van der Waals surface area contributed by atoms with Crippen molar-refractivity contribution in [3.63, 3.8) is 0 Å². The van der Waals surface area contributed by atoms with Gasteiger partial charge in [0.05, 0.1) is 12.7 Å². The maximum Gasteiger partial charge on any atom is 0.410 e. The van der Waals surface area contributed by atoms with Gasteiger partial charge in [-0.2, -0.15) is 0 Å². The Morgan fingerprint density at radius 2 is 2.26 bits per heavy atom. The first-order valence-corrected chi connectivity index (χ1v) is 6.46. The third kappa shape index (κ3) is 3.96. The van der Waals surface area contributed by atoms with E-state index in [-0.39, 0.29) is 12.1 Å². The predicted octanol–water partition coefficient (Wildman–Crippen LogP) is 1.69. The Morgan fingerprint density at radius 1 is 1.58 bits per heavy atom. The Balaban J connectivity index is 1.67. The summed E-state index contributed by atoms with van der Waals surface area (Å²) in [5.41, 5.74) is -0.439. The number of carbonyl (C=O) groups is 1. The van der Waals surface area contributed by atoms with Gasteiger partial charge >= 0.3 is 6.09 Å². The van der Waals surface area contributed by atoms with Crippen LogP contribution in [0.5, 0.6) is 0 Å². The predicted molar refractivity (Wildman–Crippen MR) is 69.7 cm³/mol. The van der Waals surface area contributed by atoms with Crippen molar-refractivity contribution >= 4 is 6.09 Å². The van der Waals surface area contributed by atoms with Crippen molar-refractivity contribution in [3.05, 3.63) is 17.8 Å². The maximum atomic E-state index is 11.7.